The van der Waals surface area contributed by atoms with Crippen LogP contribution in [0.3, 0.4) is 0 Å². The highest BCUT2D eigenvalue weighted by atomic mass is 15.1. The molecule has 0 bridgehead atoms. The zero-order chi connectivity index (χ0) is 11.4. The van der Waals surface area contributed by atoms with Crippen molar-refractivity contribution in [3.05, 3.63) is 36.0 Å². The third-order valence-corrected chi connectivity index (χ3v) is 3.68. The molecular formula is C15H23N. The molecule has 0 saturated carbocycles. The van der Waals surface area contributed by atoms with Crippen molar-refractivity contribution >= 4 is 0 Å². The van der Waals surface area contributed by atoms with Gasteiger partial charge < -0.3 is 0 Å². The normalized spacial score (nSPS) is 26.6. The Morgan fingerprint density at radius 1 is 1.50 bits per heavy atom. The monoisotopic (exact) mass is 217 g/mol. The zero-order valence-electron chi connectivity index (χ0n) is 10.4. The second-order valence-electron chi connectivity index (χ2n) is 5.18. The van der Waals surface area contributed by atoms with E-state index in [9.17, 15) is 0 Å². The van der Waals surface area contributed by atoms with Crippen LogP contribution in [0.15, 0.2) is 36.0 Å². The van der Waals surface area contributed by atoms with Crippen LogP contribution in [0.4, 0.5) is 0 Å². The summed E-state index contributed by atoms with van der Waals surface area (Å²) >= 11 is 0. The summed E-state index contributed by atoms with van der Waals surface area (Å²) in [6, 6.07) is 0. The Bertz CT molecular complexity index is 311. The van der Waals surface area contributed by atoms with Crippen molar-refractivity contribution in [2.45, 2.75) is 32.6 Å². The Morgan fingerprint density at radius 2 is 2.38 bits per heavy atom. The second-order valence-corrected chi connectivity index (χ2v) is 5.18. The molecule has 1 heterocycles. The Balaban J connectivity index is 1.87. The molecule has 0 N–H and O–H groups in total. The zero-order valence-corrected chi connectivity index (χ0v) is 10.4. The van der Waals surface area contributed by atoms with Gasteiger partial charge in [-0.1, -0.05) is 30.4 Å². The van der Waals surface area contributed by atoms with Gasteiger partial charge in [0.25, 0.3) is 0 Å². The molecular weight excluding hydrogens is 194 g/mol. The lowest BCUT2D eigenvalue weighted by molar-refractivity contribution is 0.207. The molecule has 88 valence electrons. The van der Waals surface area contributed by atoms with E-state index in [2.05, 4.69) is 36.6 Å². The molecule has 1 atom stereocenters. The van der Waals surface area contributed by atoms with Crippen molar-refractivity contribution in [3.8, 4) is 0 Å². The predicted octanol–water partition coefficient (Wildman–Crippen LogP) is 3.55. The van der Waals surface area contributed by atoms with Crippen LogP contribution in [-0.2, 0) is 0 Å². The van der Waals surface area contributed by atoms with Gasteiger partial charge in [0, 0.05) is 13.1 Å². The number of piperidine rings is 1. The minimum atomic E-state index is 0.724. The molecule has 1 heteroatoms. The summed E-state index contributed by atoms with van der Waals surface area (Å²) in [5, 5.41) is 0. The lowest BCUT2D eigenvalue weighted by Crippen LogP contribution is -2.36. The highest BCUT2D eigenvalue weighted by molar-refractivity contribution is 5.23. The molecule has 16 heavy (non-hydrogen) atoms. The topological polar surface area (TPSA) is 3.24 Å². The van der Waals surface area contributed by atoms with Gasteiger partial charge in [0.15, 0.2) is 0 Å². The van der Waals surface area contributed by atoms with Crippen LogP contribution in [0.2, 0.25) is 0 Å². The minimum absolute atomic E-state index is 0.724. The van der Waals surface area contributed by atoms with Crippen LogP contribution in [0, 0.1) is 5.92 Å². The molecule has 1 aliphatic carbocycles. The molecule has 2 rings (SSSR count). The van der Waals surface area contributed by atoms with Gasteiger partial charge in [0.05, 0.1) is 0 Å². The smallest absolute Gasteiger partial charge is 0.0230 e. The van der Waals surface area contributed by atoms with Crippen molar-refractivity contribution in [1.82, 2.24) is 4.90 Å². The number of rotatable bonds is 3. The molecule has 1 saturated heterocycles. The maximum absolute atomic E-state index is 4.10. The number of nitrogens with zero attached hydrogens (tertiary/aromatic N) is 1. The summed E-state index contributed by atoms with van der Waals surface area (Å²) in [7, 11) is 0. The van der Waals surface area contributed by atoms with E-state index in [4.69, 9.17) is 0 Å². The number of allylic oxidation sites excluding steroid dienone is 2. The van der Waals surface area contributed by atoms with Gasteiger partial charge in [-0.25, -0.2) is 0 Å². The fraction of sp³-hybridized carbons (Fsp3) is 0.600. The first-order chi connectivity index (χ1) is 7.75. The third kappa shape index (κ3) is 3.08. The standard InChI is InChI=1S/C15H23N/c1-13(2)15-9-6-10-16(12-15)11-14-7-4-3-5-8-14/h4,7-8,15H,1,3,5-6,9-12H2,2H3. The van der Waals surface area contributed by atoms with Gasteiger partial charge in [-0.05, 0) is 50.6 Å². The van der Waals surface area contributed by atoms with Crippen LogP contribution < -0.4 is 0 Å². The van der Waals surface area contributed by atoms with Crippen molar-refractivity contribution in [1.29, 1.82) is 0 Å². The van der Waals surface area contributed by atoms with Crippen LogP contribution in [-0.4, -0.2) is 24.5 Å². The van der Waals surface area contributed by atoms with Crippen molar-refractivity contribution in [3.63, 3.8) is 0 Å². The molecule has 0 aromatic carbocycles. The van der Waals surface area contributed by atoms with E-state index in [0.29, 0.717) is 0 Å². The Hall–Kier alpha value is -0.820. The second kappa shape index (κ2) is 5.49. The molecule has 1 fully saturated rings. The molecule has 1 nitrogen and oxygen atoms in total. The molecule has 2 aliphatic rings. The molecule has 0 aromatic rings. The third-order valence-electron chi connectivity index (χ3n) is 3.68. The molecule has 0 radical (unpaired) electrons. The first-order valence-corrected chi connectivity index (χ1v) is 6.49. The first kappa shape index (κ1) is 11.7. The largest absolute Gasteiger partial charge is 0.299 e. The number of likely N-dealkylation sites (tertiary alicyclic amines) is 1. The molecule has 0 amide bonds. The highest BCUT2D eigenvalue weighted by Crippen LogP contribution is 2.23. The Labute approximate surface area is 99.5 Å². The minimum Gasteiger partial charge on any atom is -0.299 e. The van der Waals surface area contributed by atoms with E-state index in [1.54, 1.807) is 0 Å². The number of hydrogen-bond donors (Lipinski definition) is 0. The summed E-state index contributed by atoms with van der Waals surface area (Å²) in [6.45, 7) is 9.89. The van der Waals surface area contributed by atoms with Gasteiger partial charge in [0.2, 0.25) is 0 Å². The maximum Gasteiger partial charge on any atom is 0.0230 e. The Kier molecular flexibility index (Phi) is 4.00. The quantitative estimate of drug-likeness (QED) is 0.653. The van der Waals surface area contributed by atoms with Crippen molar-refractivity contribution in [2.24, 2.45) is 5.92 Å². The summed E-state index contributed by atoms with van der Waals surface area (Å²) in [6.07, 6.45) is 12.1. The molecule has 1 aliphatic heterocycles. The lowest BCUT2D eigenvalue weighted by Gasteiger charge is -2.33. The average molecular weight is 217 g/mol. The summed E-state index contributed by atoms with van der Waals surface area (Å²) in [4.78, 5) is 2.59. The van der Waals surface area contributed by atoms with Gasteiger partial charge in [-0.3, -0.25) is 4.90 Å². The van der Waals surface area contributed by atoms with Gasteiger partial charge >= 0.3 is 0 Å². The van der Waals surface area contributed by atoms with E-state index in [1.807, 2.05) is 0 Å². The van der Waals surface area contributed by atoms with E-state index < -0.39 is 0 Å². The van der Waals surface area contributed by atoms with Gasteiger partial charge in [-0.2, -0.15) is 0 Å². The average Bonchev–Trinajstić information content (AvgIpc) is 2.30. The van der Waals surface area contributed by atoms with Crippen molar-refractivity contribution < 1.29 is 0 Å². The van der Waals surface area contributed by atoms with Crippen LogP contribution in [0.1, 0.15) is 32.6 Å². The number of hydrogen-bond acceptors (Lipinski definition) is 1. The maximum atomic E-state index is 4.10. The van der Waals surface area contributed by atoms with Gasteiger partial charge in [0.1, 0.15) is 0 Å². The highest BCUT2D eigenvalue weighted by Gasteiger charge is 2.20. The van der Waals surface area contributed by atoms with Crippen LogP contribution >= 0.6 is 0 Å². The molecule has 1 unspecified atom stereocenters. The van der Waals surface area contributed by atoms with E-state index in [1.165, 1.54) is 49.9 Å². The SMILES string of the molecule is C=C(C)C1CCCN(CC2=CCCC=C2)C1. The summed E-state index contributed by atoms with van der Waals surface area (Å²) in [5.41, 5.74) is 2.87. The Morgan fingerprint density at radius 3 is 3.06 bits per heavy atom. The van der Waals surface area contributed by atoms with E-state index >= 15 is 0 Å². The molecule has 0 aromatic heterocycles. The van der Waals surface area contributed by atoms with Gasteiger partial charge in [-0.15, -0.1) is 0 Å². The first-order valence-electron chi connectivity index (χ1n) is 6.49. The van der Waals surface area contributed by atoms with Crippen molar-refractivity contribution in [2.75, 3.05) is 19.6 Å². The summed E-state index contributed by atoms with van der Waals surface area (Å²) < 4.78 is 0. The lowest BCUT2D eigenvalue weighted by atomic mass is 9.92. The molecule has 0 spiro atoms. The fourth-order valence-electron chi connectivity index (χ4n) is 2.64. The fourth-order valence-corrected chi connectivity index (χ4v) is 2.64. The predicted molar refractivity (Wildman–Crippen MR) is 70.4 cm³/mol. The van der Waals surface area contributed by atoms with E-state index in [-0.39, 0.29) is 0 Å². The van der Waals surface area contributed by atoms with E-state index in [0.717, 1.165) is 12.5 Å². The van der Waals surface area contributed by atoms with Crippen LogP contribution in [0.5, 0.6) is 0 Å². The summed E-state index contributed by atoms with van der Waals surface area (Å²) in [5.74, 6) is 0.724. The van der Waals surface area contributed by atoms with Crippen LogP contribution in [0.25, 0.3) is 0 Å².